The van der Waals surface area contributed by atoms with E-state index in [1.807, 2.05) is 26.2 Å². The number of ketones is 1. The summed E-state index contributed by atoms with van der Waals surface area (Å²) in [5.74, 6) is 0.701. The summed E-state index contributed by atoms with van der Waals surface area (Å²) in [7, 11) is 4.04. The van der Waals surface area contributed by atoms with E-state index < -0.39 is 5.54 Å². The van der Waals surface area contributed by atoms with E-state index in [1.165, 1.54) is 11.1 Å². The fourth-order valence-corrected chi connectivity index (χ4v) is 4.32. The van der Waals surface area contributed by atoms with E-state index in [0.29, 0.717) is 12.3 Å². The second kappa shape index (κ2) is 9.76. The van der Waals surface area contributed by atoms with Crippen LogP contribution in [0.1, 0.15) is 54.6 Å². The van der Waals surface area contributed by atoms with Gasteiger partial charge in [-0.05, 0) is 68.2 Å². The van der Waals surface area contributed by atoms with E-state index in [-0.39, 0.29) is 5.78 Å². The van der Waals surface area contributed by atoms with Crippen molar-refractivity contribution in [2.75, 3.05) is 45.3 Å². The number of benzene rings is 2. The Bertz CT molecular complexity index is 821. The smallest absolute Gasteiger partial charge is 0.183 e. The van der Waals surface area contributed by atoms with Crippen LogP contribution in [0.5, 0.6) is 0 Å². The number of likely N-dealkylation sites (N-methyl/N-ethyl adjacent to an activating group) is 1. The van der Waals surface area contributed by atoms with E-state index >= 15 is 0 Å². The highest BCUT2D eigenvalue weighted by Crippen LogP contribution is 2.29. The molecule has 162 valence electrons. The molecule has 1 heterocycles. The Morgan fingerprint density at radius 2 is 1.63 bits per heavy atom. The molecule has 4 heteroatoms. The number of carbonyl (C=O) groups is 1. The van der Waals surface area contributed by atoms with Crippen LogP contribution in [0.15, 0.2) is 48.5 Å². The van der Waals surface area contributed by atoms with Crippen molar-refractivity contribution in [3.63, 3.8) is 0 Å². The second-order valence-electron chi connectivity index (χ2n) is 8.83. The lowest BCUT2D eigenvalue weighted by molar-refractivity contribution is 0.0666. The molecule has 0 bridgehead atoms. The van der Waals surface area contributed by atoms with Gasteiger partial charge in [-0.3, -0.25) is 9.69 Å². The number of hydrogen-bond donors (Lipinski definition) is 0. The Labute approximate surface area is 181 Å². The maximum Gasteiger partial charge on any atom is 0.183 e. The number of nitrogens with zero attached hydrogens (tertiary/aromatic N) is 2. The molecule has 1 fully saturated rings. The van der Waals surface area contributed by atoms with Crippen LogP contribution < -0.4 is 4.90 Å². The van der Waals surface area contributed by atoms with Crippen LogP contribution in [0.4, 0.5) is 5.69 Å². The number of Topliss-reactive ketones (excluding diaryl/α,β-unsaturated/α-hetero) is 1. The first kappa shape index (κ1) is 22.5. The fraction of sp³-hybridized carbons (Fsp3) is 0.500. The molecule has 2 aromatic rings. The Balaban J connectivity index is 1.84. The number of ether oxygens (including phenoxy) is 1. The topological polar surface area (TPSA) is 32.8 Å². The molecule has 3 rings (SSSR count). The van der Waals surface area contributed by atoms with E-state index in [1.54, 1.807) is 0 Å². The summed E-state index contributed by atoms with van der Waals surface area (Å²) in [4.78, 5) is 18.1. The number of rotatable bonds is 8. The van der Waals surface area contributed by atoms with Crippen LogP contribution >= 0.6 is 0 Å². The molecular weight excluding hydrogens is 372 g/mol. The van der Waals surface area contributed by atoms with Gasteiger partial charge in [0.25, 0.3) is 0 Å². The highest BCUT2D eigenvalue weighted by Gasteiger charge is 2.39. The zero-order chi connectivity index (χ0) is 21.7. The predicted octanol–water partition coefficient (Wildman–Crippen LogP) is 4.78. The van der Waals surface area contributed by atoms with Crippen molar-refractivity contribution in [2.45, 2.75) is 45.1 Å². The lowest BCUT2D eigenvalue weighted by Crippen LogP contribution is -2.52. The van der Waals surface area contributed by atoms with Gasteiger partial charge in [0.1, 0.15) is 0 Å². The first-order chi connectivity index (χ1) is 14.4. The predicted molar refractivity (Wildman–Crippen MR) is 125 cm³/mol. The normalized spacial score (nSPS) is 16.7. The first-order valence-electron chi connectivity index (χ1n) is 11.1. The van der Waals surface area contributed by atoms with Crippen molar-refractivity contribution in [3.05, 3.63) is 65.2 Å². The van der Waals surface area contributed by atoms with Gasteiger partial charge < -0.3 is 9.64 Å². The highest BCUT2D eigenvalue weighted by atomic mass is 16.5. The summed E-state index contributed by atoms with van der Waals surface area (Å²) in [6.07, 6.45) is 1.47. The number of carbonyl (C=O) groups excluding carboxylic acids is 1. The minimum Gasteiger partial charge on any atom is -0.378 e. The van der Waals surface area contributed by atoms with Gasteiger partial charge in [0.2, 0.25) is 0 Å². The zero-order valence-electron chi connectivity index (χ0n) is 19.1. The lowest BCUT2D eigenvalue weighted by atomic mass is 9.80. The molecule has 0 radical (unpaired) electrons. The molecule has 4 nitrogen and oxygen atoms in total. The first-order valence-corrected chi connectivity index (χ1v) is 11.1. The lowest BCUT2D eigenvalue weighted by Gasteiger charge is -2.38. The average Bonchev–Trinajstić information content (AvgIpc) is 2.78. The van der Waals surface area contributed by atoms with E-state index in [9.17, 15) is 4.79 Å². The van der Waals surface area contributed by atoms with Crippen LogP contribution in [0, 0.1) is 0 Å². The number of morpholine rings is 1. The van der Waals surface area contributed by atoms with Gasteiger partial charge in [-0.15, -0.1) is 0 Å². The Kier molecular flexibility index (Phi) is 7.32. The second-order valence-corrected chi connectivity index (χ2v) is 8.83. The average molecular weight is 409 g/mol. The summed E-state index contributed by atoms with van der Waals surface area (Å²) in [5, 5.41) is 0. The quantitative estimate of drug-likeness (QED) is 0.589. The van der Waals surface area contributed by atoms with Crippen LogP contribution in [0.3, 0.4) is 0 Å². The van der Waals surface area contributed by atoms with Gasteiger partial charge >= 0.3 is 0 Å². The van der Waals surface area contributed by atoms with Crippen LogP contribution in [0.2, 0.25) is 0 Å². The van der Waals surface area contributed by atoms with Crippen LogP contribution in [-0.2, 0) is 11.2 Å². The molecule has 1 unspecified atom stereocenters. The van der Waals surface area contributed by atoms with Gasteiger partial charge in [0.05, 0.1) is 18.8 Å². The molecule has 1 saturated heterocycles. The van der Waals surface area contributed by atoms with E-state index in [4.69, 9.17) is 4.74 Å². The molecule has 0 spiro atoms. The van der Waals surface area contributed by atoms with Gasteiger partial charge in [-0.25, -0.2) is 0 Å². The van der Waals surface area contributed by atoms with Gasteiger partial charge in [0.15, 0.2) is 5.78 Å². The molecule has 1 atom stereocenters. The van der Waals surface area contributed by atoms with E-state index in [0.717, 1.165) is 44.0 Å². The van der Waals surface area contributed by atoms with Crippen molar-refractivity contribution in [3.8, 4) is 0 Å². The molecule has 0 aromatic heterocycles. The summed E-state index contributed by atoms with van der Waals surface area (Å²) in [5.41, 5.74) is 3.91. The maximum absolute atomic E-state index is 13.7. The molecular formula is C26H36N2O2. The molecule has 2 aromatic carbocycles. The third kappa shape index (κ3) is 4.76. The summed E-state index contributed by atoms with van der Waals surface area (Å²) in [6.45, 7) is 9.84. The van der Waals surface area contributed by atoms with Gasteiger partial charge in [-0.1, -0.05) is 45.0 Å². The highest BCUT2D eigenvalue weighted by molar-refractivity contribution is 6.03. The number of anilines is 1. The van der Waals surface area contributed by atoms with Gasteiger partial charge in [-0.2, -0.15) is 0 Å². The largest absolute Gasteiger partial charge is 0.378 e. The minimum atomic E-state index is -0.556. The third-order valence-electron chi connectivity index (χ3n) is 6.51. The molecule has 30 heavy (non-hydrogen) atoms. The molecule has 1 aliphatic rings. The van der Waals surface area contributed by atoms with Crippen molar-refractivity contribution in [1.82, 2.24) is 4.90 Å². The van der Waals surface area contributed by atoms with E-state index in [2.05, 4.69) is 67.0 Å². The summed E-state index contributed by atoms with van der Waals surface area (Å²) < 4.78 is 5.44. The van der Waals surface area contributed by atoms with Crippen molar-refractivity contribution < 1.29 is 9.53 Å². The minimum absolute atomic E-state index is 0.191. The summed E-state index contributed by atoms with van der Waals surface area (Å²) in [6, 6.07) is 16.9. The SMILES string of the molecule is CCC(Cc1ccc(C(C)C)cc1)(C(=O)c1ccc(N2CCOCC2)cc1)N(C)C. The monoisotopic (exact) mass is 408 g/mol. The van der Waals surface area contributed by atoms with Crippen molar-refractivity contribution >= 4 is 11.5 Å². The fourth-order valence-electron chi connectivity index (χ4n) is 4.32. The molecule has 0 amide bonds. The molecule has 0 N–H and O–H groups in total. The van der Waals surface area contributed by atoms with Gasteiger partial charge in [0, 0.05) is 24.3 Å². The maximum atomic E-state index is 13.7. The Hall–Kier alpha value is -2.17. The standard InChI is InChI=1S/C26H36N2O2/c1-6-26(27(4)5,19-21-7-9-22(10-8-21)20(2)3)25(29)23-11-13-24(14-12-23)28-15-17-30-18-16-28/h7-14,20H,6,15-19H2,1-5H3. The van der Waals surface area contributed by atoms with Crippen LogP contribution in [-0.4, -0.2) is 56.6 Å². The van der Waals surface area contributed by atoms with Crippen molar-refractivity contribution in [2.24, 2.45) is 0 Å². The Morgan fingerprint density at radius 3 is 2.13 bits per heavy atom. The zero-order valence-corrected chi connectivity index (χ0v) is 19.1. The third-order valence-corrected chi connectivity index (χ3v) is 6.51. The van der Waals surface area contributed by atoms with Crippen molar-refractivity contribution in [1.29, 1.82) is 0 Å². The number of hydrogen-bond acceptors (Lipinski definition) is 4. The molecule has 0 aliphatic carbocycles. The van der Waals surface area contributed by atoms with Crippen LogP contribution in [0.25, 0.3) is 0 Å². The summed E-state index contributed by atoms with van der Waals surface area (Å²) >= 11 is 0. The molecule has 0 saturated carbocycles. The Morgan fingerprint density at radius 1 is 1.03 bits per heavy atom. The molecule has 1 aliphatic heterocycles.